The van der Waals surface area contributed by atoms with Gasteiger partial charge in [0, 0.05) is 29.9 Å². The predicted octanol–water partition coefficient (Wildman–Crippen LogP) is 4.87. The summed E-state index contributed by atoms with van der Waals surface area (Å²) in [4.78, 5) is 34.1. The average Bonchev–Trinajstić information content (AvgIpc) is 3.66. The van der Waals surface area contributed by atoms with Gasteiger partial charge in [-0.2, -0.15) is 0 Å². The number of rotatable bonds is 7. The molecule has 2 heterocycles. The minimum Gasteiger partial charge on any atom is -0.480 e. The Hall–Kier alpha value is -3.19. The molecule has 1 atom stereocenters. The maximum absolute atomic E-state index is 12.6. The van der Waals surface area contributed by atoms with Gasteiger partial charge in [-0.1, -0.05) is 43.0 Å². The van der Waals surface area contributed by atoms with Crippen molar-refractivity contribution in [3.63, 3.8) is 0 Å². The second-order valence-electron chi connectivity index (χ2n) is 9.99. The Bertz CT molecular complexity index is 1350. The van der Waals surface area contributed by atoms with Crippen LogP contribution in [0.2, 0.25) is 0 Å². The third-order valence-corrected chi connectivity index (χ3v) is 8.04. The Kier molecular flexibility index (Phi) is 5.40. The van der Waals surface area contributed by atoms with E-state index in [2.05, 4.69) is 14.9 Å². The molecule has 35 heavy (non-hydrogen) atoms. The van der Waals surface area contributed by atoms with Crippen LogP contribution in [0, 0.1) is 5.41 Å². The van der Waals surface area contributed by atoms with Crippen LogP contribution in [0.1, 0.15) is 62.3 Å². The molecule has 0 bridgehead atoms. The SMILES string of the molecule is O=C(O)[C@H](Cc1ccc(-n2c(C3CC3)nc3cccnc32)cc1)NC1=C(Cl)C(=O)C12CCCCC2. The molecule has 180 valence electrons. The van der Waals surface area contributed by atoms with Crippen molar-refractivity contribution in [2.45, 2.75) is 63.3 Å². The first kappa shape index (κ1) is 22.3. The number of carboxylic acids is 1. The van der Waals surface area contributed by atoms with Crippen LogP contribution < -0.4 is 5.32 Å². The number of hydrogen-bond acceptors (Lipinski definition) is 5. The van der Waals surface area contributed by atoms with Gasteiger partial charge in [-0.3, -0.25) is 9.36 Å². The summed E-state index contributed by atoms with van der Waals surface area (Å²) in [6.07, 6.45) is 8.82. The third-order valence-electron chi connectivity index (χ3n) is 7.67. The monoisotopic (exact) mass is 490 g/mol. The van der Waals surface area contributed by atoms with E-state index in [0.717, 1.165) is 73.2 Å². The van der Waals surface area contributed by atoms with Crippen molar-refractivity contribution in [1.29, 1.82) is 0 Å². The van der Waals surface area contributed by atoms with Crippen molar-refractivity contribution in [2.24, 2.45) is 5.41 Å². The minimum absolute atomic E-state index is 0.0394. The zero-order valence-electron chi connectivity index (χ0n) is 19.3. The number of carboxylic acid groups (broad SMARTS) is 1. The van der Waals surface area contributed by atoms with Gasteiger partial charge in [-0.15, -0.1) is 0 Å². The Balaban J connectivity index is 1.25. The topological polar surface area (TPSA) is 97.1 Å². The van der Waals surface area contributed by atoms with Crippen LogP contribution >= 0.6 is 11.6 Å². The molecule has 3 aromatic rings. The van der Waals surface area contributed by atoms with Crippen molar-refractivity contribution in [1.82, 2.24) is 19.9 Å². The first-order chi connectivity index (χ1) is 17.0. The smallest absolute Gasteiger partial charge is 0.326 e. The van der Waals surface area contributed by atoms with Crippen molar-refractivity contribution in [3.05, 3.63) is 64.7 Å². The number of aliphatic carboxylic acids is 1. The summed E-state index contributed by atoms with van der Waals surface area (Å²) in [6, 6.07) is 10.9. The fourth-order valence-corrected chi connectivity index (χ4v) is 6.03. The van der Waals surface area contributed by atoms with E-state index in [-0.39, 0.29) is 17.2 Å². The molecule has 2 aromatic heterocycles. The number of halogens is 1. The van der Waals surface area contributed by atoms with Gasteiger partial charge in [0.05, 0.1) is 5.41 Å². The summed E-state index contributed by atoms with van der Waals surface area (Å²) in [5.41, 5.74) is 3.58. The van der Waals surface area contributed by atoms with Crippen LogP contribution in [0.4, 0.5) is 0 Å². The lowest BCUT2D eigenvalue weighted by Crippen LogP contribution is -2.53. The van der Waals surface area contributed by atoms with Crippen LogP contribution in [0.3, 0.4) is 0 Å². The van der Waals surface area contributed by atoms with Gasteiger partial charge in [0.2, 0.25) is 0 Å². The number of ketones is 1. The Morgan fingerprint density at radius 3 is 2.60 bits per heavy atom. The minimum atomic E-state index is -0.961. The lowest BCUT2D eigenvalue weighted by atomic mass is 9.62. The molecule has 0 aliphatic heterocycles. The highest BCUT2D eigenvalue weighted by Crippen LogP contribution is 2.53. The van der Waals surface area contributed by atoms with E-state index in [1.807, 2.05) is 36.4 Å². The summed E-state index contributed by atoms with van der Waals surface area (Å²) in [7, 11) is 0. The molecule has 1 spiro atoms. The zero-order valence-corrected chi connectivity index (χ0v) is 20.1. The van der Waals surface area contributed by atoms with Crippen molar-refractivity contribution in [3.8, 4) is 5.69 Å². The lowest BCUT2D eigenvalue weighted by Gasteiger charge is -2.45. The molecule has 6 rings (SSSR count). The molecule has 7 nitrogen and oxygen atoms in total. The van der Waals surface area contributed by atoms with Crippen molar-refractivity contribution in [2.75, 3.05) is 0 Å². The number of imidazole rings is 1. The molecular formula is C27H27ClN4O3. The molecule has 2 N–H and O–H groups in total. The number of allylic oxidation sites excluding steroid dienone is 2. The molecular weight excluding hydrogens is 464 g/mol. The van der Waals surface area contributed by atoms with Gasteiger partial charge in [0.1, 0.15) is 22.4 Å². The van der Waals surface area contributed by atoms with Gasteiger partial charge < -0.3 is 10.4 Å². The van der Waals surface area contributed by atoms with E-state index in [9.17, 15) is 14.7 Å². The first-order valence-corrected chi connectivity index (χ1v) is 12.7. The molecule has 8 heteroatoms. The Morgan fingerprint density at radius 1 is 1.17 bits per heavy atom. The molecule has 2 saturated carbocycles. The number of Topliss-reactive ketones (excluding diaryl/α,β-unsaturated/α-hetero) is 1. The van der Waals surface area contributed by atoms with Crippen molar-refractivity contribution < 1.29 is 14.7 Å². The highest BCUT2D eigenvalue weighted by Gasteiger charge is 2.54. The Labute approximate surface area is 208 Å². The van der Waals surface area contributed by atoms with Gasteiger partial charge in [0.25, 0.3) is 0 Å². The van der Waals surface area contributed by atoms with Crippen LogP contribution in [0.5, 0.6) is 0 Å². The number of nitrogens with zero attached hydrogens (tertiary/aromatic N) is 3. The lowest BCUT2D eigenvalue weighted by molar-refractivity contribution is -0.140. The second kappa shape index (κ2) is 8.48. The zero-order chi connectivity index (χ0) is 24.2. The molecule has 1 aromatic carbocycles. The fourth-order valence-electron chi connectivity index (χ4n) is 5.61. The predicted molar refractivity (Wildman–Crippen MR) is 133 cm³/mol. The summed E-state index contributed by atoms with van der Waals surface area (Å²) in [6.45, 7) is 0. The van der Waals surface area contributed by atoms with E-state index < -0.39 is 17.4 Å². The number of pyridine rings is 1. The van der Waals surface area contributed by atoms with Crippen LogP contribution in [0.25, 0.3) is 16.9 Å². The van der Waals surface area contributed by atoms with Crippen molar-refractivity contribution >= 4 is 34.5 Å². The summed E-state index contributed by atoms with van der Waals surface area (Å²) < 4.78 is 2.11. The molecule has 0 radical (unpaired) electrons. The number of hydrogen-bond donors (Lipinski definition) is 2. The number of carbonyl (C=O) groups excluding carboxylic acids is 1. The number of benzene rings is 1. The van der Waals surface area contributed by atoms with Gasteiger partial charge in [0.15, 0.2) is 11.4 Å². The highest BCUT2D eigenvalue weighted by atomic mass is 35.5. The summed E-state index contributed by atoms with van der Waals surface area (Å²) in [5.74, 6) is 0.491. The van der Waals surface area contributed by atoms with E-state index in [1.165, 1.54) is 0 Å². The second-order valence-corrected chi connectivity index (χ2v) is 10.4. The van der Waals surface area contributed by atoms with Crippen LogP contribution in [-0.4, -0.2) is 37.4 Å². The number of fused-ring (bicyclic) bond motifs is 1. The van der Waals surface area contributed by atoms with Crippen LogP contribution in [0.15, 0.2) is 53.3 Å². The van der Waals surface area contributed by atoms with Gasteiger partial charge >= 0.3 is 5.97 Å². The van der Waals surface area contributed by atoms with E-state index in [1.54, 1.807) is 6.20 Å². The molecule has 3 aliphatic rings. The number of nitrogens with one attached hydrogen (secondary N) is 1. The molecule has 0 saturated heterocycles. The summed E-state index contributed by atoms with van der Waals surface area (Å²) in [5, 5.41) is 13.2. The highest BCUT2D eigenvalue weighted by molar-refractivity contribution is 6.47. The van der Waals surface area contributed by atoms with Crippen LogP contribution in [-0.2, 0) is 16.0 Å². The van der Waals surface area contributed by atoms with Gasteiger partial charge in [-0.05, 0) is 55.5 Å². The van der Waals surface area contributed by atoms with E-state index in [4.69, 9.17) is 16.6 Å². The van der Waals surface area contributed by atoms with E-state index >= 15 is 0 Å². The molecule has 0 unspecified atom stereocenters. The average molecular weight is 491 g/mol. The fraction of sp³-hybridized carbons (Fsp3) is 0.407. The third kappa shape index (κ3) is 3.73. The maximum atomic E-state index is 12.6. The normalized spacial score (nSPS) is 20.2. The number of aromatic nitrogens is 3. The standard InChI is InChI=1S/C27H27ClN4O3/c28-21-22(27(23(21)33)12-2-1-3-13-27)30-20(26(34)35)15-16-6-10-18(11-7-16)32-24(17-8-9-17)31-19-5-4-14-29-25(19)32/h4-7,10-11,14,17,20,30H,1-3,8-9,12-13,15H2,(H,34,35)/t20-/m0/s1. The summed E-state index contributed by atoms with van der Waals surface area (Å²) >= 11 is 6.27. The quantitative estimate of drug-likeness (QED) is 0.490. The van der Waals surface area contributed by atoms with E-state index in [0.29, 0.717) is 11.6 Å². The largest absolute Gasteiger partial charge is 0.480 e. The maximum Gasteiger partial charge on any atom is 0.326 e. The molecule has 2 fully saturated rings. The molecule has 3 aliphatic carbocycles. The molecule has 0 amide bonds. The number of carbonyl (C=O) groups is 2. The first-order valence-electron chi connectivity index (χ1n) is 12.3. The van der Waals surface area contributed by atoms with Gasteiger partial charge in [-0.25, -0.2) is 14.8 Å². The Morgan fingerprint density at radius 2 is 1.91 bits per heavy atom.